The number of thioether (sulfide) groups is 1. The van der Waals surface area contributed by atoms with Gasteiger partial charge in [0, 0.05) is 61.5 Å². The Kier molecular flexibility index (Phi) is 6.94. The molecule has 3 unspecified atom stereocenters. The lowest BCUT2D eigenvalue weighted by atomic mass is 9.90. The molecule has 1 saturated heterocycles. The second kappa shape index (κ2) is 10.1. The van der Waals surface area contributed by atoms with Gasteiger partial charge in [0.25, 0.3) is 5.91 Å². The van der Waals surface area contributed by atoms with Crippen molar-refractivity contribution in [2.45, 2.75) is 49.9 Å². The first-order valence-electron chi connectivity index (χ1n) is 12.4. The number of aromatic amines is 1. The number of amidine groups is 1. The van der Waals surface area contributed by atoms with Crippen molar-refractivity contribution >= 4 is 33.7 Å². The topological polar surface area (TPSA) is 81.0 Å². The summed E-state index contributed by atoms with van der Waals surface area (Å²) in [5.41, 5.74) is 7.70. The maximum absolute atomic E-state index is 13.0. The average molecular weight is 469 g/mol. The van der Waals surface area contributed by atoms with Gasteiger partial charge in [-0.05, 0) is 44.4 Å². The normalized spacial score (nSPS) is 26.1. The summed E-state index contributed by atoms with van der Waals surface area (Å²) < 4.78 is 0. The Bertz CT molecular complexity index is 965. The van der Waals surface area contributed by atoms with Crippen molar-refractivity contribution in [2.24, 2.45) is 10.7 Å². The number of amides is 1. The van der Waals surface area contributed by atoms with Gasteiger partial charge in [-0.3, -0.25) is 19.6 Å². The molecule has 3 heterocycles. The van der Waals surface area contributed by atoms with E-state index in [2.05, 4.69) is 26.7 Å². The first kappa shape index (κ1) is 22.7. The summed E-state index contributed by atoms with van der Waals surface area (Å²) in [4.78, 5) is 28.1. The van der Waals surface area contributed by atoms with Crippen LogP contribution in [-0.4, -0.2) is 93.9 Å². The van der Waals surface area contributed by atoms with Gasteiger partial charge in [0.2, 0.25) is 0 Å². The Morgan fingerprint density at radius 3 is 2.82 bits per heavy atom. The van der Waals surface area contributed by atoms with E-state index in [-0.39, 0.29) is 5.91 Å². The average Bonchev–Trinajstić information content (AvgIpc) is 3.43. The number of nitrogens with zero attached hydrogens (tertiary/aromatic N) is 4. The number of aromatic nitrogens is 1. The minimum Gasteiger partial charge on any atom is -0.379 e. The van der Waals surface area contributed by atoms with E-state index in [0.717, 1.165) is 68.3 Å². The molecule has 5 rings (SSSR count). The van der Waals surface area contributed by atoms with Crippen LogP contribution in [0.15, 0.2) is 35.3 Å². The van der Waals surface area contributed by atoms with E-state index in [1.54, 1.807) is 11.8 Å². The zero-order valence-electron chi connectivity index (χ0n) is 19.6. The highest BCUT2D eigenvalue weighted by Crippen LogP contribution is 2.37. The number of nitrogens with two attached hydrogens (primary N) is 1. The molecule has 3 aliphatic rings. The third-order valence-electron chi connectivity index (χ3n) is 7.44. The zero-order chi connectivity index (χ0) is 22.8. The molecule has 2 fully saturated rings. The van der Waals surface area contributed by atoms with Gasteiger partial charge in [0.15, 0.2) is 5.17 Å². The number of carbonyl (C=O) groups excluding carboxylic acids is 1. The molecule has 1 aliphatic carbocycles. The molecule has 2 aromatic rings. The van der Waals surface area contributed by atoms with Crippen molar-refractivity contribution in [3.05, 3.63) is 36.0 Å². The molecule has 2 aliphatic heterocycles. The number of hydrogen-bond donors (Lipinski definition) is 2. The molecule has 0 bridgehead atoms. The highest BCUT2D eigenvalue weighted by atomic mass is 32.2. The molecule has 0 radical (unpaired) electrons. The molecule has 3 N–H and O–H groups in total. The minimum absolute atomic E-state index is 0.116. The lowest BCUT2D eigenvalue weighted by Gasteiger charge is -2.40. The Morgan fingerprint density at radius 1 is 1.21 bits per heavy atom. The summed E-state index contributed by atoms with van der Waals surface area (Å²) in [5, 5.41) is 2.45. The van der Waals surface area contributed by atoms with Crippen molar-refractivity contribution in [2.75, 3.05) is 45.8 Å². The van der Waals surface area contributed by atoms with Gasteiger partial charge in [0.05, 0.1) is 6.04 Å². The lowest BCUT2D eigenvalue weighted by Crippen LogP contribution is -2.51. The molecule has 33 heavy (non-hydrogen) atoms. The summed E-state index contributed by atoms with van der Waals surface area (Å²) in [5.74, 6) is 0.116. The number of benzene rings is 1. The van der Waals surface area contributed by atoms with Crippen molar-refractivity contribution in [1.82, 2.24) is 19.7 Å². The van der Waals surface area contributed by atoms with Crippen LogP contribution in [0.5, 0.6) is 0 Å². The third-order valence-corrected chi connectivity index (χ3v) is 8.60. The molecule has 178 valence electrons. The fourth-order valence-electron chi connectivity index (χ4n) is 5.61. The van der Waals surface area contributed by atoms with Gasteiger partial charge in [-0.15, -0.1) is 0 Å². The molecule has 1 saturated carbocycles. The minimum atomic E-state index is 0.116. The van der Waals surface area contributed by atoms with E-state index < -0.39 is 0 Å². The Morgan fingerprint density at radius 2 is 2.03 bits per heavy atom. The van der Waals surface area contributed by atoms with Crippen LogP contribution in [0.3, 0.4) is 0 Å². The van der Waals surface area contributed by atoms with E-state index in [1.807, 2.05) is 35.2 Å². The standard InChI is InChI=1S/C25H36N6OS/c1-2-9-30(19-7-8-21-23(17-19)33-25(26)28-21)13-10-29-11-14-31(15-12-29)24(32)22-16-18-5-3-4-6-20(18)27-22/h3-6,16,19,21,23,27H,2,7-15,17H2,1H3,(H2,26,28). The summed E-state index contributed by atoms with van der Waals surface area (Å²) >= 11 is 1.79. The number of carbonyl (C=O) groups is 1. The fourth-order valence-corrected chi connectivity index (χ4v) is 6.79. The van der Waals surface area contributed by atoms with Gasteiger partial charge in [-0.25, -0.2) is 0 Å². The third kappa shape index (κ3) is 5.08. The van der Waals surface area contributed by atoms with Crippen molar-refractivity contribution < 1.29 is 4.79 Å². The zero-order valence-corrected chi connectivity index (χ0v) is 20.4. The molecule has 8 heteroatoms. The highest BCUT2D eigenvalue weighted by molar-refractivity contribution is 8.14. The molecule has 1 amide bonds. The van der Waals surface area contributed by atoms with Gasteiger partial charge in [-0.1, -0.05) is 36.9 Å². The molecule has 1 aromatic heterocycles. The molecule has 7 nitrogen and oxygen atoms in total. The van der Waals surface area contributed by atoms with E-state index >= 15 is 0 Å². The van der Waals surface area contributed by atoms with E-state index in [9.17, 15) is 4.79 Å². The van der Waals surface area contributed by atoms with E-state index in [0.29, 0.717) is 23.0 Å². The number of rotatable bonds is 7. The van der Waals surface area contributed by atoms with Crippen molar-refractivity contribution in [1.29, 1.82) is 0 Å². The molecular weight excluding hydrogens is 432 g/mol. The first-order chi connectivity index (χ1) is 16.1. The summed E-state index contributed by atoms with van der Waals surface area (Å²) in [6.45, 7) is 9.09. The van der Waals surface area contributed by atoms with Crippen LogP contribution in [0.2, 0.25) is 0 Å². The first-order valence-corrected chi connectivity index (χ1v) is 13.3. The number of aliphatic imine (C=N–C) groups is 1. The number of piperazine rings is 1. The van der Waals surface area contributed by atoms with Crippen LogP contribution in [0.1, 0.15) is 43.1 Å². The molecular formula is C25H36N6OS. The number of para-hydroxylation sites is 1. The maximum atomic E-state index is 13.0. The van der Waals surface area contributed by atoms with Crippen molar-refractivity contribution in [3.8, 4) is 0 Å². The number of H-pyrrole nitrogens is 1. The smallest absolute Gasteiger partial charge is 0.270 e. The Hall–Kier alpha value is -2.03. The fraction of sp³-hybridized carbons (Fsp3) is 0.600. The maximum Gasteiger partial charge on any atom is 0.270 e. The van der Waals surface area contributed by atoms with Crippen LogP contribution < -0.4 is 5.73 Å². The van der Waals surface area contributed by atoms with Crippen molar-refractivity contribution in [3.63, 3.8) is 0 Å². The predicted molar refractivity (Wildman–Crippen MR) is 137 cm³/mol. The Labute approximate surface area is 200 Å². The van der Waals surface area contributed by atoms with Gasteiger partial charge >= 0.3 is 0 Å². The monoisotopic (exact) mass is 468 g/mol. The van der Waals surface area contributed by atoms with E-state index in [1.165, 1.54) is 19.3 Å². The number of nitrogens with one attached hydrogen (secondary N) is 1. The quantitative estimate of drug-likeness (QED) is 0.653. The van der Waals surface area contributed by atoms with Gasteiger partial charge < -0.3 is 15.6 Å². The van der Waals surface area contributed by atoms with Crippen LogP contribution in [0.25, 0.3) is 10.9 Å². The summed E-state index contributed by atoms with van der Waals surface area (Å²) in [6, 6.07) is 11.1. The number of fused-ring (bicyclic) bond motifs is 2. The second-order valence-electron chi connectivity index (χ2n) is 9.60. The molecule has 0 spiro atoms. The molecule has 1 aromatic carbocycles. The molecule has 3 atom stereocenters. The second-order valence-corrected chi connectivity index (χ2v) is 10.9. The lowest BCUT2D eigenvalue weighted by molar-refractivity contribution is 0.0598. The van der Waals surface area contributed by atoms with Gasteiger partial charge in [0.1, 0.15) is 5.69 Å². The number of hydrogen-bond acceptors (Lipinski definition) is 6. The van der Waals surface area contributed by atoms with Crippen LogP contribution >= 0.6 is 11.8 Å². The van der Waals surface area contributed by atoms with E-state index in [4.69, 9.17) is 5.73 Å². The van der Waals surface area contributed by atoms with Crippen LogP contribution in [-0.2, 0) is 0 Å². The summed E-state index contributed by atoms with van der Waals surface area (Å²) in [6.07, 6.45) is 4.78. The Balaban J connectivity index is 1.11. The van der Waals surface area contributed by atoms with Gasteiger partial charge in [-0.2, -0.15) is 0 Å². The van der Waals surface area contributed by atoms with Crippen LogP contribution in [0.4, 0.5) is 0 Å². The highest BCUT2D eigenvalue weighted by Gasteiger charge is 2.37. The summed E-state index contributed by atoms with van der Waals surface area (Å²) in [7, 11) is 0. The predicted octanol–water partition coefficient (Wildman–Crippen LogP) is 2.99. The largest absolute Gasteiger partial charge is 0.379 e. The SMILES string of the molecule is CCCN(CCN1CCN(C(=O)c2cc3ccccc3[nH]2)CC1)C1CCC2N=C(N)SC2C1. The van der Waals surface area contributed by atoms with Crippen LogP contribution in [0, 0.1) is 0 Å².